The quantitative estimate of drug-likeness (QED) is 0.315. The minimum Gasteiger partial charge on any atom is -0.507 e. The molecule has 3 aromatic rings. The van der Waals surface area contributed by atoms with Crippen LogP contribution < -0.4 is 16.0 Å². The molecule has 0 radical (unpaired) electrons. The molecule has 0 amide bonds. The molecule has 2 aliphatic heterocycles. The van der Waals surface area contributed by atoms with E-state index in [1.165, 1.54) is 49.8 Å². The number of benzene rings is 1. The number of aromatic nitrogens is 3. The summed E-state index contributed by atoms with van der Waals surface area (Å²) in [5.74, 6) is 0.239. The third kappa shape index (κ3) is 5.25. The number of fused-ring (bicyclic) bond motifs is 3. The van der Waals surface area contributed by atoms with Gasteiger partial charge in [-0.05, 0) is 82.3 Å². The number of piperidine rings is 1. The van der Waals surface area contributed by atoms with E-state index in [-0.39, 0.29) is 5.75 Å². The van der Waals surface area contributed by atoms with Gasteiger partial charge >= 0.3 is 0 Å². The van der Waals surface area contributed by atoms with Crippen LogP contribution in [-0.2, 0) is 6.42 Å². The second kappa shape index (κ2) is 11.1. The predicted molar refractivity (Wildman–Crippen MR) is 148 cm³/mol. The Balaban J connectivity index is 1.08. The van der Waals surface area contributed by atoms with Gasteiger partial charge in [0.05, 0.1) is 5.69 Å². The number of para-hydroxylation sites is 1. The van der Waals surface area contributed by atoms with Crippen molar-refractivity contribution >= 4 is 11.0 Å². The lowest BCUT2D eigenvalue weighted by Gasteiger charge is -2.43. The predicted octanol–water partition coefficient (Wildman–Crippen LogP) is 3.49. The number of phenols is 1. The summed E-state index contributed by atoms with van der Waals surface area (Å²) in [6, 6.07) is 11.8. The summed E-state index contributed by atoms with van der Waals surface area (Å²) in [4.78, 5) is 6.27. The SMILES string of the molecule is C[C@@H]1c2c([nH]c3nnc(-c4ccccc4O)cc23)CCN1C1CCC(NCCNC2CCNCC2)CC1. The number of hydrogen-bond acceptors (Lipinski definition) is 7. The summed E-state index contributed by atoms with van der Waals surface area (Å²) >= 11 is 0. The summed E-state index contributed by atoms with van der Waals surface area (Å²) in [7, 11) is 0. The molecule has 37 heavy (non-hydrogen) atoms. The molecule has 1 saturated heterocycles. The van der Waals surface area contributed by atoms with E-state index in [2.05, 4.69) is 49.0 Å². The number of nitrogens with zero attached hydrogens (tertiary/aromatic N) is 3. The molecule has 2 fully saturated rings. The molecular formula is C29H41N7O. The fourth-order valence-electron chi connectivity index (χ4n) is 6.85. The van der Waals surface area contributed by atoms with Crippen LogP contribution in [-0.4, -0.2) is 76.0 Å². The van der Waals surface area contributed by atoms with Crippen molar-refractivity contribution in [2.24, 2.45) is 0 Å². The highest BCUT2D eigenvalue weighted by molar-refractivity contribution is 5.86. The third-order valence-corrected chi connectivity index (χ3v) is 8.89. The average Bonchev–Trinajstić information content (AvgIpc) is 3.31. The maximum Gasteiger partial charge on any atom is 0.160 e. The van der Waals surface area contributed by atoms with Crippen LogP contribution in [0.2, 0.25) is 0 Å². The molecule has 1 aliphatic carbocycles. The van der Waals surface area contributed by atoms with E-state index >= 15 is 0 Å². The minimum atomic E-state index is 0.239. The van der Waals surface area contributed by atoms with E-state index in [0.29, 0.717) is 24.2 Å². The highest BCUT2D eigenvalue weighted by atomic mass is 16.3. The standard InChI is InChI=1S/C29H41N7O/c1-19-28-24-18-26(23-4-2-3-5-27(23)37)34-35-29(24)33-25(28)12-17-36(19)22-8-6-20(7-9-22)31-15-16-32-21-10-13-30-14-11-21/h2-5,18-22,30-32,37H,6-17H2,1H3,(H,33,35)/t19-,20?,22?/m1/s1. The lowest BCUT2D eigenvalue weighted by Crippen LogP contribution is -2.47. The van der Waals surface area contributed by atoms with Gasteiger partial charge in [0.2, 0.25) is 0 Å². The Kier molecular flexibility index (Phi) is 7.42. The first-order chi connectivity index (χ1) is 18.2. The van der Waals surface area contributed by atoms with E-state index in [9.17, 15) is 5.11 Å². The Morgan fingerprint density at radius 1 is 0.973 bits per heavy atom. The number of rotatable bonds is 7. The number of aromatic amines is 1. The highest BCUT2D eigenvalue weighted by Crippen LogP contribution is 2.39. The Labute approximate surface area is 219 Å². The maximum absolute atomic E-state index is 10.3. The van der Waals surface area contributed by atoms with Crippen molar-refractivity contribution in [1.29, 1.82) is 0 Å². The monoisotopic (exact) mass is 503 g/mol. The van der Waals surface area contributed by atoms with Crippen molar-refractivity contribution in [3.63, 3.8) is 0 Å². The van der Waals surface area contributed by atoms with E-state index < -0.39 is 0 Å². The van der Waals surface area contributed by atoms with Crippen molar-refractivity contribution in [2.75, 3.05) is 32.7 Å². The molecule has 0 bridgehead atoms. The van der Waals surface area contributed by atoms with Crippen molar-refractivity contribution in [1.82, 2.24) is 36.0 Å². The number of hydrogen-bond donors (Lipinski definition) is 5. The minimum absolute atomic E-state index is 0.239. The van der Waals surface area contributed by atoms with Gasteiger partial charge in [-0.1, -0.05) is 12.1 Å². The average molecular weight is 504 g/mol. The molecule has 0 spiro atoms. The van der Waals surface area contributed by atoms with Crippen LogP contribution in [0, 0.1) is 0 Å². The molecule has 4 heterocycles. The number of nitrogens with one attached hydrogen (secondary N) is 4. The first-order valence-electron chi connectivity index (χ1n) is 14.3. The highest BCUT2D eigenvalue weighted by Gasteiger charge is 2.34. The zero-order valence-electron chi connectivity index (χ0n) is 22.0. The van der Waals surface area contributed by atoms with Crippen molar-refractivity contribution in [3.8, 4) is 17.0 Å². The number of phenolic OH excluding ortho intramolecular Hbond substituents is 1. The molecule has 198 valence electrons. The Morgan fingerprint density at radius 2 is 1.70 bits per heavy atom. The summed E-state index contributed by atoms with van der Waals surface area (Å²) in [6.07, 6.45) is 8.53. The van der Waals surface area contributed by atoms with Gasteiger partial charge in [0.15, 0.2) is 5.65 Å². The molecule has 1 atom stereocenters. The summed E-state index contributed by atoms with van der Waals surface area (Å²) in [6.45, 7) is 7.87. The van der Waals surface area contributed by atoms with Gasteiger partial charge in [0.1, 0.15) is 5.75 Å². The smallest absolute Gasteiger partial charge is 0.160 e. The van der Waals surface area contributed by atoms with Gasteiger partial charge in [0, 0.05) is 66.9 Å². The summed E-state index contributed by atoms with van der Waals surface area (Å²) < 4.78 is 0. The van der Waals surface area contributed by atoms with Crippen LogP contribution in [0.5, 0.6) is 5.75 Å². The molecule has 2 aromatic heterocycles. The summed E-state index contributed by atoms with van der Waals surface area (Å²) in [5.41, 5.74) is 4.95. The molecule has 8 nitrogen and oxygen atoms in total. The van der Waals surface area contributed by atoms with Gasteiger partial charge in [-0.3, -0.25) is 4.90 Å². The normalized spacial score (nSPS) is 25.4. The van der Waals surface area contributed by atoms with Crippen LogP contribution in [0.25, 0.3) is 22.3 Å². The third-order valence-electron chi connectivity index (χ3n) is 8.89. The van der Waals surface area contributed by atoms with Crippen molar-refractivity contribution in [2.45, 2.75) is 76.0 Å². The lowest BCUT2D eigenvalue weighted by atomic mass is 9.87. The Hall–Kier alpha value is -2.52. The van der Waals surface area contributed by atoms with E-state index in [0.717, 1.165) is 61.4 Å². The van der Waals surface area contributed by atoms with E-state index in [4.69, 9.17) is 0 Å². The molecule has 8 heteroatoms. The zero-order chi connectivity index (χ0) is 25.2. The van der Waals surface area contributed by atoms with Gasteiger partial charge in [-0.2, -0.15) is 0 Å². The largest absolute Gasteiger partial charge is 0.507 e. The van der Waals surface area contributed by atoms with Crippen LogP contribution in [0.4, 0.5) is 0 Å². The van der Waals surface area contributed by atoms with Gasteiger partial charge in [0.25, 0.3) is 0 Å². The fraction of sp³-hybridized carbons (Fsp3) is 0.586. The van der Waals surface area contributed by atoms with Crippen molar-refractivity contribution in [3.05, 3.63) is 41.6 Å². The Bertz CT molecular complexity index is 1200. The first kappa shape index (κ1) is 24.8. The first-order valence-corrected chi connectivity index (χ1v) is 14.3. The molecule has 1 saturated carbocycles. The fourth-order valence-corrected chi connectivity index (χ4v) is 6.85. The number of H-pyrrole nitrogens is 1. The van der Waals surface area contributed by atoms with Crippen LogP contribution >= 0.6 is 0 Å². The van der Waals surface area contributed by atoms with Crippen LogP contribution in [0.3, 0.4) is 0 Å². The van der Waals surface area contributed by atoms with Gasteiger partial charge in [-0.15, -0.1) is 10.2 Å². The molecule has 0 unspecified atom stereocenters. The lowest BCUT2D eigenvalue weighted by molar-refractivity contribution is 0.0964. The molecule has 5 N–H and O–H groups in total. The van der Waals surface area contributed by atoms with Crippen LogP contribution in [0.15, 0.2) is 30.3 Å². The van der Waals surface area contributed by atoms with Gasteiger partial charge < -0.3 is 26.0 Å². The summed E-state index contributed by atoms with van der Waals surface area (Å²) in [5, 5.41) is 31.4. The van der Waals surface area contributed by atoms with Crippen molar-refractivity contribution < 1.29 is 5.11 Å². The molecule has 1 aromatic carbocycles. The van der Waals surface area contributed by atoms with Gasteiger partial charge in [-0.25, -0.2) is 0 Å². The number of aromatic hydroxyl groups is 1. The second-order valence-corrected chi connectivity index (χ2v) is 11.1. The molecular weight excluding hydrogens is 462 g/mol. The molecule has 3 aliphatic rings. The van der Waals surface area contributed by atoms with E-state index in [1.54, 1.807) is 6.07 Å². The zero-order valence-corrected chi connectivity index (χ0v) is 22.0. The maximum atomic E-state index is 10.3. The topological polar surface area (TPSA) is 101 Å². The molecule has 6 rings (SSSR count). The van der Waals surface area contributed by atoms with E-state index in [1.807, 2.05) is 18.2 Å². The Morgan fingerprint density at radius 3 is 2.46 bits per heavy atom. The van der Waals surface area contributed by atoms with Crippen LogP contribution in [0.1, 0.15) is 62.7 Å². The second-order valence-electron chi connectivity index (χ2n) is 11.1.